The third-order valence-corrected chi connectivity index (χ3v) is 6.45. The molecule has 0 bridgehead atoms. The molecule has 190 valence electrons. The van der Waals surface area contributed by atoms with E-state index < -0.39 is 17.4 Å². The lowest BCUT2D eigenvalue weighted by molar-refractivity contribution is -0.123. The Balaban J connectivity index is 1.45. The number of hydrogen-bond donors (Lipinski definition) is 2. The summed E-state index contributed by atoms with van der Waals surface area (Å²) in [6.45, 7) is 11.0. The minimum absolute atomic E-state index is 0.0102. The standard InChI is InChI=1S/C25H34N4O6/c1-4-29-14-18(23(30)17-12-20-21(13-19(17)29)35-15-34-20)24(31)27-22(16(2)3)25(32)26-6-5-7-28-8-10-33-11-9-28/h12-14,16,22H,4-11,15H2,1-3H3,(H,26,32)(H,27,31)/t22-/m0/s1. The van der Waals surface area contributed by atoms with Crippen molar-refractivity contribution < 1.29 is 23.8 Å². The highest BCUT2D eigenvalue weighted by Gasteiger charge is 2.27. The van der Waals surface area contributed by atoms with Crippen LogP contribution in [0.4, 0.5) is 0 Å². The molecule has 1 aromatic heterocycles. The van der Waals surface area contributed by atoms with Crippen LogP contribution in [0.15, 0.2) is 23.1 Å². The number of aryl methyl sites for hydroxylation is 1. The predicted molar refractivity (Wildman–Crippen MR) is 131 cm³/mol. The molecule has 0 aliphatic carbocycles. The van der Waals surface area contributed by atoms with E-state index in [0.29, 0.717) is 35.5 Å². The average molecular weight is 487 g/mol. The fraction of sp³-hybridized carbons (Fsp3) is 0.560. The molecule has 3 heterocycles. The van der Waals surface area contributed by atoms with Crippen molar-refractivity contribution in [2.24, 2.45) is 5.92 Å². The van der Waals surface area contributed by atoms with Crippen LogP contribution in [0.25, 0.3) is 10.9 Å². The van der Waals surface area contributed by atoms with Crippen LogP contribution < -0.4 is 25.5 Å². The van der Waals surface area contributed by atoms with Crippen LogP contribution >= 0.6 is 0 Å². The Morgan fingerprint density at radius 2 is 1.83 bits per heavy atom. The zero-order chi connectivity index (χ0) is 24.9. The zero-order valence-corrected chi connectivity index (χ0v) is 20.6. The summed E-state index contributed by atoms with van der Waals surface area (Å²) in [6.07, 6.45) is 2.35. The summed E-state index contributed by atoms with van der Waals surface area (Å²) in [4.78, 5) is 41.6. The van der Waals surface area contributed by atoms with Crippen LogP contribution in [0.5, 0.6) is 11.5 Å². The molecule has 2 aliphatic heterocycles. The minimum atomic E-state index is -0.757. The van der Waals surface area contributed by atoms with Crippen molar-refractivity contribution in [1.82, 2.24) is 20.1 Å². The topological polar surface area (TPSA) is 111 Å². The maximum absolute atomic E-state index is 13.2. The van der Waals surface area contributed by atoms with Gasteiger partial charge in [0.2, 0.25) is 18.1 Å². The normalized spacial score (nSPS) is 16.5. The lowest BCUT2D eigenvalue weighted by Gasteiger charge is -2.26. The molecule has 0 radical (unpaired) electrons. The van der Waals surface area contributed by atoms with E-state index in [0.717, 1.165) is 39.3 Å². The second-order valence-electron chi connectivity index (χ2n) is 9.17. The van der Waals surface area contributed by atoms with Gasteiger partial charge >= 0.3 is 0 Å². The van der Waals surface area contributed by atoms with Gasteiger partial charge in [-0.3, -0.25) is 19.3 Å². The van der Waals surface area contributed by atoms with Gasteiger partial charge in [-0.05, 0) is 31.9 Å². The molecule has 0 spiro atoms. The molecule has 1 saturated heterocycles. The molecular formula is C25H34N4O6. The molecule has 35 heavy (non-hydrogen) atoms. The number of nitrogens with one attached hydrogen (secondary N) is 2. The molecule has 0 unspecified atom stereocenters. The van der Waals surface area contributed by atoms with Gasteiger partial charge in [0.1, 0.15) is 11.6 Å². The van der Waals surface area contributed by atoms with Crippen LogP contribution in [0.2, 0.25) is 0 Å². The summed E-state index contributed by atoms with van der Waals surface area (Å²) in [5.74, 6) is 0.0721. The van der Waals surface area contributed by atoms with E-state index in [1.165, 1.54) is 0 Å². The van der Waals surface area contributed by atoms with Gasteiger partial charge in [-0.25, -0.2) is 0 Å². The van der Waals surface area contributed by atoms with Crippen molar-refractivity contribution in [3.63, 3.8) is 0 Å². The summed E-state index contributed by atoms with van der Waals surface area (Å²) in [5.41, 5.74) is 0.245. The molecule has 2 N–H and O–H groups in total. The van der Waals surface area contributed by atoms with Gasteiger partial charge in [0.15, 0.2) is 11.5 Å². The highest BCUT2D eigenvalue weighted by molar-refractivity contribution is 6.00. The highest BCUT2D eigenvalue weighted by Crippen LogP contribution is 2.35. The number of carbonyl (C=O) groups is 2. The molecule has 1 aromatic carbocycles. The summed E-state index contributed by atoms with van der Waals surface area (Å²) >= 11 is 0. The Hall–Kier alpha value is -3.11. The third-order valence-electron chi connectivity index (χ3n) is 6.45. The number of hydrogen-bond acceptors (Lipinski definition) is 7. The van der Waals surface area contributed by atoms with Crippen molar-refractivity contribution >= 4 is 22.7 Å². The fourth-order valence-electron chi connectivity index (χ4n) is 4.41. The van der Waals surface area contributed by atoms with Crippen LogP contribution in [0.1, 0.15) is 37.6 Å². The zero-order valence-electron chi connectivity index (χ0n) is 20.6. The van der Waals surface area contributed by atoms with Gasteiger partial charge in [-0.2, -0.15) is 0 Å². The maximum Gasteiger partial charge on any atom is 0.257 e. The molecule has 4 rings (SSSR count). The Morgan fingerprint density at radius 1 is 1.11 bits per heavy atom. The summed E-state index contributed by atoms with van der Waals surface area (Å²) in [6, 6.07) is 2.61. The van der Waals surface area contributed by atoms with Crippen molar-refractivity contribution in [2.45, 2.75) is 39.8 Å². The molecule has 10 nitrogen and oxygen atoms in total. The van der Waals surface area contributed by atoms with Crippen LogP contribution in [0, 0.1) is 5.92 Å². The maximum atomic E-state index is 13.2. The van der Waals surface area contributed by atoms with Crippen LogP contribution in [-0.2, 0) is 16.1 Å². The molecule has 10 heteroatoms. The largest absolute Gasteiger partial charge is 0.454 e. The van der Waals surface area contributed by atoms with Gasteiger partial charge in [0, 0.05) is 38.4 Å². The minimum Gasteiger partial charge on any atom is -0.454 e. The first-order valence-electron chi connectivity index (χ1n) is 12.2. The summed E-state index contributed by atoms with van der Waals surface area (Å²) in [5, 5.41) is 6.09. The SMILES string of the molecule is CCn1cc(C(=O)N[C@H](C(=O)NCCCN2CCOCC2)C(C)C)c(=O)c2cc3c(cc21)OCO3. The number of carbonyl (C=O) groups excluding carboxylic acids is 2. The lowest BCUT2D eigenvalue weighted by Crippen LogP contribution is -2.50. The van der Waals surface area contributed by atoms with Crippen molar-refractivity contribution in [3.05, 3.63) is 34.1 Å². The number of nitrogens with zero attached hydrogens (tertiary/aromatic N) is 2. The van der Waals surface area contributed by atoms with E-state index in [-0.39, 0.29) is 24.2 Å². The molecule has 2 aromatic rings. The molecular weight excluding hydrogens is 452 g/mol. The molecule has 0 saturated carbocycles. The number of fused-ring (bicyclic) bond motifs is 2. The molecule has 2 amide bonds. The number of benzene rings is 1. The van der Waals surface area contributed by atoms with Crippen molar-refractivity contribution in [1.29, 1.82) is 0 Å². The lowest BCUT2D eigenvalue weighted by atomic mass is 10.0. The second-order valence-corrected chi connectivity index (χ2v) is 9.17. The number of morpholine rings is 1. The van der Waals surface area contributed by atoms with E-state index in [1.54, 1.807) is 18.3 Å². The fourth-order valence-corrected chi connectivity index (χ4v) is 4.41. The molecule has 2 aliphatic rings. The van der Waals surface area contributed by atoms with Gasteiger partial charge in [0.25, 0.3) is 5.91 Å². The van der Waals surface area contributed by atoms with Gasteiger partial charge < -0.3 is 29.4 Å². The number of rotatable bonds is 9. The van der Waals surface area contributed by atoms with Gasteiger partial charge in [-0.15, -0.1) is 0 Å². The summed E-state index contributed by atoms with van der Waals surface area (Å²) < 4.78 is 18.0. The third kappa shape index (κ3) is 5.59. The van der Waals surface area contributed by atoms with Crippen LogP contribution in [-0.4, -0.2) is 73.5 Å². The van der Waals surface area contributed by atoms with Crippen molar-refractivity contribution in [2.75, 3.05) is 46.2 Å². The predicted octanol–water partition coefficient (Wildman–Crippen LogP) is 1.34. The Bertz CT molecular complexity index is 1140. The monoisotopic (exact) mass is 486 g/mol. The second kappa shape index (κ2) is 11.1. The van der Waals surface area contributed by atoms with Gasteiger partial charge in [-0.1, -0.05) is 13.8 Å². The van der Waals surface area contributed by atoms with Crippen LogP contribution in [0.3, 0.4) is 0 Å². The van der Waals surface area contributed by atoms with Crippen molar-refractivity contribution in [3.8, 4) is 11.5 Å². The van der Waals surface area contributed by atoms with E-state index >= 15 is 0 Å². The number of ether oxygens (including phenoxy) is 3. The number of pyridine rings is 1. The Labute approximate surface area is 204 Å². The van der Waals surface area contributed by atoms with E-state index in [1.807, 2.05) is 25.3 Å². The van der Waals surface area contributed by atoms with Gasteiger partial charge in [0.05, 0.1) is 24.1 Å². The first-order valence-corrected chi connectivity index (χ1v) is 12.2. The smallest absolute Gasteiger partial charge is 0.257 e. The van der Waals surface area contributed by atoms with E-state index in [2.05, 4.69) is 15.5 Å². The number of amides is 2. The number of aromatic nitrogens is 1. The summed E-state index contributed by atoms with van der Waals surface area (Å²) in [7, 11) is 0. The Morgan fingerprint density at radius 3 is 2.51 bits per heavy atom. The molecule has 1 fully saturated rings. The van der Waals surface area contributed by atoms with E-state index in [4.69, 9.17) is 14.2 Å². The highest BCUT2D eigenvalue weighted by atomic mass is 16.7. The first-order chi connectivity index (χ1) is 16.9. The molecule has 1 atom stereocenters. The quantitative estimate of drug-likeness (QED) is 0.515. The van der Waals surface area contributed by atoms with E-state index in [9.17, 15) is 14.4 Å². The average Bonchev–Trinajstić information content (AvgIpc) is 3.32. The first kappa shape index (κ1) is 25.0. The Kier molecular flexibility index (Phi) is 7.92.